The average Bonchev–Trinajstić information content (AvgIpc) is 2.65. The molecule has 0 aliphatic carbocycles. The van der Waals surface area contributed by atoms with Crippen molar-refractivity contribution >= 4 is 16.7 Å². The molecule has 5 atom stereocenters. The number of amides is 1. The number of carbonyl (C=O) groups is 1. The van der Waals surface area contributed by atoms with Crippen LogP contribution in [0.5, 0.6) is 5.75 Å². The first-order valence-corrected chi connectivity index (χ1v) is 9.40. The SMILES string of the molecule is CC(=O)N[C@@H]1[C@H](Oc2ccc3ccccc3c2)O[C@@H]2COC(C)(C)O[C@H]2[C@H]1O. The second-order valence-electron chi connectivity index (χ2n) is 7.68. The number of aliphatic hydroxyl groups excluding tert-OH is 1. The highest BCUT2D eigenvalue weighted by molar-refractivity contribution is 5.83. The molecule has 0 aromatic heterocycles. The number of ether oxygens (including phenoxy) is 4. The van der Waals surface area contributed by atoms with Crippen LogP contribution in [-0.4, -0.2) is 54.1 Å². The maximum absolute atomic E-state index is 11.7. The lowest BCUT2D eigenvalue weighted by molar-refractivity contribution is -0.361. The summed E-state index contributed by atoms with van der Waals surface area (Å²) in [5.41, 5.74) is 0. The lowest BCUT2D eigenvalue weighted by Crippen LogP contribution is -2.69. The number of nitrogens with one attached hydrogen (secondary N) is 1. The Kier molecular flexibility index (Phi) is 5.01. The average molecular weight is 387 g/mol. The maximum atomic E-state index is 11.7. The molecule has 0 saturated carbocycles. The van der Waals surface area contributed by atoms with E-state index in [1.54, 1.807) is 13.8 Å². The van der Waals surface area contributed by atoms with E-state index in [1.807, 2.05) is 42.5 Å². The van der Waals surface area contributed by atoms with Gasteiger partial charge < -0.3 is 29.4 Å². The van der Waals surface area contributed by atoms with Gasteiger partial charge in [-0.05, 0) is 36.8 Å². The summed E-state index contributed by atoms with van der Waals surface area (Å²) >= 11 is 0. The second-order valence-corrected chi connectivity index (χ2v) is 7.68. The highest BCUT2D eigenvalue weighted by Crippen LogP contribution is 2.33. The summed E-state index contributed by atoms with van der Waals surface area (Å²) in [6.45, 7) is 5.21. The molecule has 1 amide bonds. The Balaban J connectivity index is 1.59. The number of fused-ring (bicyclic) bond motifs is 2. The van der Waals surface area contributed by atoms with Crippen LogP contribution in [0.25, 0.3) is 10.8 Å². The monoisotopic (exact) mass is 387 g/mol. The van der Waals surface area contributed by atoms with Gasteiger partial charge >= 0.3 is 0 Å². The zero-order chi connectivity index (χ0) is 19.9. The predicted molar refractivity (Wildman–Crippen MR) is 102 cm³/mol. The number of hydrogen-bond donors (Lipinski definition) is 2. The van der Waals surface area contributed by atoms with Gasteiger partial charge in [0.2, 0.25) is 12.2 Å². The molecule has 0 bridgehead atoms. The third kappa shape index (κ3) is 3.84. The largest absolute Gasteiger partial charge is 0.463 e. The van der Waals surface area contributed by atoms with Crippen molar-refractivity contribution in [1.82, 2.24) is 5.32 Å². The van der Waals surface area contributed by atoms with E-state index in [9.17, 15) is 9.90 Å². The fourth-order valence-electron chi connectivity index (χ4n) is 3.71. The Bertz CT molecular complexity index is 869. The van der Waals surface area contributed by atoms with Gasteiger partial charge in [0.1, 0.15) is 30.1 Å². The molecule has 2 fully saturated rings. The molecule has 2 saturated heterocycles. The Morgan fingerprint density at radius 2 is 1.96 bits per heavy atom. The van der Waals surface area contributed by atoms with Crippen molar-refractivity contribution in [3.8, 4) is 5.75 Å². The quantitative estimate of drug-likeness (QED) is 0.837. The summed E-state index contributed by atoms with van der Waals surface area (Å²) in [5.74, 6) is -0.537. The molecule has 2 N–H and O–H groups in total. The minimum Gasteiger partial charge on any atom is -0.463 e. The van der Waals surface area contributed by atoms with Crippen molar-refractivity contribution in [2.45, 2.75) is 57.2 Å². The molecular weight excluding hydrogens is 362 g/mol. The molecule has 2 aromatic carbocycles. The topological polar surface area (TPSA) is 86.3 Å². The number of rotatable bonds is 3. The normalized spacial score (nSPS) is 31.8. The van der Waals surface area contributed by atoms with Crippen molar-refractivity contribution in [3.63, 3.8) is 0 Å². The van der Waals surface area contributed by atoms with Crippen LogP contribution in [0, 0.1) is 0 Å². The van der Waals surface area contributed by atoms with Crippen LogP contribution in [0.3, 0.4) is 0 Å². The van der Waals surface area contributed by atoms with Gasteiger partial charge in [-0.15, -0.1) is 0 Å². The molecule has 0 radical (unpaired) electrons. The van der Waals surface area contributed by atoms with Gasteiger partial charge in [0.25, 0.3) is 0 Å². The van der Waals surface area contributed by atoms with Crippen LogP contribution in [0.1, 0.15) is 20.8 Å². The highest BCUT2D eigenvalue weighted by atomic mass is 16.8. The lowest BCUT2D eigenvalue weighted by Gasteiger charge is -2.49. The van der Waals surface area contributed by atoms with Crippen LogP contribution in [0.4, 0.5) is 0 Å². The van der Waals surface area contributed by atoms with Crippen molar-refractivity contribution < 1.29 is 28.8 Å². The molecule has 28 heavy (non-hydrogen) atoms. The molecule has 2 aliphatic rings. The molecular formula is C21H25NO6. The van der Waals surface area contributed by atoms with E-state index in [0.717, 1.165) is 10.8 Å². The van der Waals surface area contributed by atoms with Gasteiger partial charge in [0.15, 0.2) is 5.79 Å². The van der Waals surface area contributed by atoms with Crippen LogP contribution >= 0.6 is 0 Å². The van der Waals surface area contributed by atoms with Crippen molar-refractivity contribution in [2.75, 3.05) is 6.61 Å². The Hall–Kier alpha value is -2.19. The fraction of sp³-hybridized carbons (Fsp3) is 0.476. The van der Waals surface area contributed by atoms with E-state index in [0.29, 0.717) is 5.75 Å². The molecule has 2 aliphatic heterocycles. The molecule has 0 unspecified atom stereocenters. The Labute approximate surface area is 163 Å². The standard InChI is InChI=1S/C21H25NO6/c1-12(23)22-17-18(24)19-16(11-25-21(2,3)28-19)27-20(17)26-15-9-8-13-6-4-5-7-14(13)10-15/h4-10,16-20,24H,11H2,1-3H3,(H,22,23)/t16-,17+,18+,19-,20-/m1/s1. The minimum atomic E-state index is -1.00. The molecule has 4 rings (SSSR count). The minimum absolute atomic E-state index is 0.263. The van der Waals surface area contributed by atoms with Gasteiger partial charge in [-0.1, -0.05) is 30.3 Å². The zero-order valence-electron chi connectivity index (χ0n) is 16.1. The van der Waals surface area contributed by atoms with E-state index < -0.39 is 36.4 Å². The first-order valence-electron chi connectivity index (χ1n) is 9.40. The van der Waals surface area contributed by atoms with E-state index in [1.165, 1.54) is 6.92 Å². The molecule has 7 heteroatoms. The number of benzene rings is 2. The first-order chi connectivity index (χ1) is 13.3. The van der Waals surface area contributed by atoms with Crippen molar-refractivity contribution in [1.29, 1.82) is 0 Å². The molecule has 2 aromatic rings. The van der Waals surface area contributed by atoms with Gasteiger partial charge in [-0.3, -0.25) is 4.79 Å². The summed E-state index contributed by atoms with van der Waals surface area (Å²) in [7, 11) is 0. The van der Waals surface area contributed by atoms with E-state index in [4.69, 9.17) is 18.9 Å². The van der Waals surface area contributed by atoms with Gasteiger partial charge in [0.05, 0.1) is 6.61 Å². The Morgan fingerprint density at radius 1 is 1.21 bits per heavy atom. The number of hydrogen-bond acceptors (Lipinski definition) is 6. The summed E-state index contributed by atoms with van der Waals surface area (Å²) < 4.78 is 23.6. The van der Waals surface area contributed by atoms with Gasteiger partial charge in [0, 0.05) is 6.92 Å². The fourth-order valence-corrected chi connectivity index (χ4v) is 3.71. The smallest absolute Gasteiger partial charge is 0.223 e. The predicted octanol–water partition coefficient (Wildman–Crippen LogP) is 1.96. The summed E-state index contributed by atoms with van der Waals surface area (Å²) in [6, 6.07) is 12.9. The zero-order valence-corrected chi connectivity index (χ0v) is 16.1. The van der Waals surface area contributed by atoms with E-state index in [2.05, 4.69) is 5.32 Å². The van der Waals surface area contributed by atoms with Crippen molar-refractivity contribution in [2.24, 2.45) is 0 Å². The lowest BCUT2D eigenvalue weighted by atomic mass is 9.95. The second kappa shape index (κ2) is 7.33. The molecule has 7 nitrogen and oxygen atoms in total. The summed E-state index contributed by atoms with van der Waals surface area (Å²) in [4.78, 5) is 11.7. The maximum Gasteiger partial charge on any atom is 0.223 e. The van der Waals surface area contributed by atoms with E-state index >= 15 is 0 Å². The number of aliphatic hydroxyl groups is 1. The first kappa shape index (κ1) is 19.1. The van der Waals surface area contributed by atoms with Crippen LogP contribution in [-0.2, 0) is 19.0 Å². The molecule has 150 valence electrons. The number of carbonyl (C=O) groups excluding carboxylic acids is 1. The Morgan fingerprint density at radius 3 is 2.71 bits per heavy atom. The highest BCUT2D eigenvalue weighted by Gasteiger charge is 2.52. The van der Waals surface area contributed by atoms with Gasteiger partial charge in [-0.25, -0.2) is 0 Å². The van der Waals surface area contributed by atoms with Crippen LogP contribution in [0.2, 0.25) is 0 Å². The van der Waals surface area contributed by atoms with Crippen molar-refractivity contribution in [3.05, 3.63) is 42.5 Å². The van der Waals surface area contributed by atoms with E-state index in [-0.39, 0.29) is 12.5 Å². The third-order valence-electron chi connectivity index (χ3n) is 5.03. The van der Waals surface area contributed by atoms with Crippen LogP contribution in [0.15, 0.2) is 42.5 Å². The molecule has 0 spiro atoms. The third-order valence-corrected chi connectivity index (χ3v) is 5.03. The molecule has 2 heterocycles. The summed E-state index contributed by atoms with van der Waals surface area (Å²) in [6.07, 6.45) is -3.01. The summed E-state index contributed by atoms with van der Waals surface area (Å²) in [5, 5.41) is 15.8. The van der Waals surface area contributed by atoms with Crippen LogP contribution < -0.4 is 10.1 Å². The van der Waals surface area contributed by atoms with Gasteiger partial charge in [-0.2, -0.15) is 0 Å².